The van der Waals surface area contributed by atoms with E-state index in [1.807, 2.05) is 20.8 Å². The molecule has 0 atom stereocenters. The van der Waals surface area contributed by atoms with E-state index in [9.17, 15) is 4.79 Å². The standard InChI is InChI=1S/C10H15NO3/c1-6-7(5-8(12)13)14-9(11-6)10(2,3)4/h5H2,1-4H3,(H,12,13). The first-order chi connectivity index (χ1) is 6.30. The lowest BCUT2D eigenvalue weighted by Gasteiger charge is -2.11. The van der Waals surface area contributed by atoms with Crippen molar-refractivity contribution in [3.63, 3.8) is 0 Å². The van der Waals surface area contributed by atoms with Gasteiger partial charge in [-0.2, -0.15) is 0 Å². The molecule has 1 rings (SSSR count). The number of hydrogen-bond donors (Lipinski definition) is 1. The highest BCUT2D eigenvalue weighted by Crippen LogP contribution is 2.23. The molecule has 0 amide bonds. The molecule has 4 heteroatoms. The number of aliphatic carboxylic acids is 1. The third-order valence-corrected chi connectivity index (χ3v) is 1.85. The molecule has 0 unspecified atom stereocenters. The van der Waals surface area contributed by atoms with Crippen molar-refractivity contribution in [2.75, 3.05) is 0 Å². The van der Waals surface area contributed by atoms with Gasteiger partial charge in [0.1, 0.15) is 12.2 Å². The maximum absolute atomic E-state index is 10.5. The van der Waals surface area contributed by atoms with E-state index in [1.54, 1.807) is 6.92 Å². The first-order valence-corrected chi connectivity index (χ1v) is 4.49. The van der Waals surface area contributed by atoms with E-state index in [2.05, 4.69) is 4.98 Å². The van der Waals surface area contributed by atoms with Crippen LogP contribution in [0.15, 0.2) is 4.42 Å². The second-order valence-electron chi connectivity index (χ2n) is 4.35. The van der Waals surface area contributed by atoms with E-state index in [0.29, 0.717) is 17.3 Å². The maximum Gasteiger partial charge on any atom is 0.311 e. The summed E-state index contributed by atoms with van der Waals surface area (Å²) in [6, 6.07) is 0. The summed E-state index contributed by atoms with van der Waals surface area (Å²) >= 11 is 0. The quantitative estimate of drug-likeness (QED) is 0.786. The molecule has 0 aliphatic rings. The van der Waals surface area contributed by atoms with Crippen molar-refractivity contribution in [3.8, 4) is 0 Å². The Balaban J connectivity index is 2.99. The average Bonchev–Trinajstić information content (AvgIpc) is 2.30. The number of aromatic nitrogens is 1. The van der Waals surface area contributed by atoms with Crippen molar-refractivity contribution in [2.24, 2.45) is 0 Å². The monoisotopic (exact) mass is 197 g/mol. The summed E-state index contributed by atoms with van der Waals surface area (Å²) in [5, 5.41) is 8.62. The van der Waals surface area contributed by atoms with Gasteiger partial charge < -0.3 is 9.52 Å². The van der Waals surface area contributed by atoms with Crippen molar-refractivity contribution in [1.29, 1.82) is 0 Å². The number of carboxylic acid groups (broad SMARTS) is 1. The van der Waals surface area contributed by atoms with Gasteiger partial charge in [-0.3, -0.25) is 4.79 Å². The third-order valence-electron chi connectivity index (χ3n) is 1.85. The Hall–Kier alpha value is -1.32. The predicted molar refractivity (Wildman–Crippen MR) is 51.3 cm³/mol. The summed E-state index contributed by atoms with van der Waals surface area (Å²) in [5.41, 5.74) is 0.485. The molecular formula is C10H15NO3. The van der Waals surface area contributed by atoms with Crippen LogP contribution in [0, 0.1) is 6.92 Å². The lowest BCUT2D eigenvalue weighted by Crippen LogP contribution is -2.11. The van der Waals surface area contributed by atoms with E-state index in [-0.39, 0.29) is 11.8 Å². The van der Waals surface area contributed by atoms with E-state index in [0.717, 1.165) is 0 Å². The van der Waals surface area contributed by atoms with Crippen molar-refractivity contribution in [2.45, 2.75) is 39.5 Å². The Labute approximate surface area is 83.0 Å². The van der Waals surface area contributed by atoms with Gasteiger partial charge in [-0.05, 0) is 6.92 Å². The Kier molecular flexibility index (Phi) is 2.64. The molecule has 0 fully saturated rings. The van der Waals surface area contributed by atoms with E-state index >= 15 is 0 Å². The number of nitrogens with zero attached hydrogens (tertiary/aromatic N) is 1. The molecule has 1 aromatic rings. The van der Waals surface area contributed by atoms with Gasteiger partial charge >= 0.3 is 5.97 Å². The van der Waals surface area contributed by atoms with Crippen molar-refractivity contribution >= 4 is 5.97 Å². The highest BCUT2D eigenvalue weighted by Gasteiger charge is 2.22. The number of carbonyl (C=O) groups is 1. The van der Waals surface area contributed by atoms with Crippen LogP contribution in [0.5, 0.6) is 0 Å². The summed E-state index contributed by atoms with van der Waals surface area (Å²) in [4.78, 5) is 14.7. The second-order valence-corrected chi connectivity index (χ2v) is 4.35. The molecule has 0 bridgehead atoms. The van der Waals surface area contributed by atoms with Gasteiger partial charge in [-0.15, -0.1) is 0 Å². The molecule has 0 radical (unpaired) electrons. The number of hydrogen-bond acceptors (Lipinski definition) is 3. The Morgan fingerprint density at radius 2 is 2.07 bits per heavy atom. The zero-order chi connectivity index (χ0) is 10.9. The van der Waals surface area contributed by atoms with Gasteiger partial charge in [0.15, 0.2) is 5.89 Å². The van der Waals surface area contributed by atoms with Crippen LogP contribution in [0.3, 0.4) is 0 Å². The van der Waals surface area contributed by atoms with Crippen LogP contribution in [0.2, 0.25) is 0 Å². The van der Waals surface area contributed by atoms with Crippen molar-refractivity contribution in [3.05, 3.63) is 17.3 Å². The fourth-order valence-electron chi connectivity index (χ4n) is 1.05. The number of aryl methyl sites for hydroxylation is 1. The molecule has 1 N–H and O–H groups in total. The zero-order valence-corrected chi connectivity index (χ0v) is 8.92. The molecule has 14 heavy (non-hydrogen) atoms. The minimum absolute atomic E-state index is 0.102. The first kappa shape index (κ1) is 10.8. The molecule has 0 saturated heterocycles. The highest BCUT2D eigenvalue weighted by atomic mass is 16.4. The molecular weight excluding hydrogens is 182 g/mol. The van der Waals surface area contributed by atoms with E-state index < -0.39 is 5.97 Å². The molecule has 0 spiro atoms. The minimum atomic E-state index is -0.898. The summed E-state index contributed by atoms with van der Waals surface area (Å²) in [6.45, 7) is 7.69. The van der Waals surface area contributed by atoms with Crippen LogP contribution in [0.25, 0.3) is 0 Å². The highest BCUT2D eigenvalue weighted by molar-refractivity contribution is 5.69. The Morgan fingerprint density at radius 1 is 1.50 bits per heavy atom. The van der Waals surface area contributed by atoms with Gasteiger partial charge in [0.05, 0.1) is 5.69 Å². The topological polar surface area (TPSA) is 63.3 Å². The molecule has 0 saturated carbocycles. The minimum Gasteiger partial charge on any atom is -0.481 e. The van der Waals surface area contributed by atoms with E-state index in [4.69, 9.17) is 9.52 Å². The zero-order valence-electron chi connectivity index (χ0n) is 8.92. The molecule has 0 aliphatic heterocycles. The second kappa shape index (κ2) is 3.44. The van der Waals surface area contributed by atoms with Gasteiger partial charge in [0.25, 0.3) is 0 Å². The largest absolute Gasteiger partial charge is 0.481 e. The van der Waals surface area contributed by atoms with Gasteiger partial charge in [-0.1, -0.05) is 20.8 Å². The maximum atomic E-state index is 10.5. The lowest BCUT2D eigenvalue weighted by atomic mass is 9.97. The smallest absolute Gasteiger partial charge is 0.311 e. The lowest BCUT2D eigenvalue weighted by molar-refractivity contribution is -0.136. The number of oxazole rings is 1. The third kappa shape index (κ3) is 2.34. The van der Waals surface area contributed by atoms with Crippen LogP contribution < -0.4 is 0 Å². The fraction of sp³-hybridized carbons (Fsp3) is 0.600. The first-order valence-electron chi connectivity index (χ1n) is 4.49. The van der Waals surface area contributed by atoms with Gasteiger partial charge in [0, 0.05) is 5.41 Å². The number of rotatable bonds is 2. The van der Waals surface area contributed by atoms with Crippen molar-refractivity contribution < 1.29 is 14.3 Å². The SMILES string of the molecule is Cc1nc(C(C)(C)C)oc1CC(=O)O. The summed E-state index contributed by atoms with van der Waals surface area (Å²) < 4.78 is 5.40. The van der Waals surface area contributed by atoms with Gasteiger partial charge in [0.2, 0.25) is 0 Å². The van der Waals surface area contributed by atoms with E-state index in [1.165, 1.54) is 0 Å². The van der Waals surface area contributed by atoms with Crippen LogP contribution in [-0.4, -0.2) is 16.1 Å². The molecule has 0 aromatic carbocycles. The van der Waals surface area contributed by atoms with Crippen LogP contribution >= 0.6 is 0 Å². The van der Waals surface area contributed by atoms with Crippen LogP contribution in [-0.2, 0) is 16.6 Å². The Morgan fingerprint density at radius 3 is 2.43 bits per heavy atom. The average molecular weight is 197 g/mol. The molecule has 4 nitrogen and oxygen atoms in total. The Bertz CT molecular complexity index is 347. The molecule has 0 aliphatic carbocycles. The fourth-order valence-corrected chi connectivity index (χ4v) is 1.05. The van der Waals surface area contributed by atoms with Crippen LogP contribution in [0.4, 0.5) is 0 Å². The van der Waals surface area contributed by atoms with Crippen LogP contribution in [0.1, 0.15) is 38.1 Å². The summed E-state index contributed by atoms with van der Waals surface area (Å²) in [6.07, 6.45) is -0.102. The van der Waals surface area contributed by atoms with Gasteiger partial charge in [-0.25, -0.2) is 4.98 Å². The van der Waals surface area contributed by atoms with Crippen molar-refractivity contribution in [1.82, 2.24) is 4.98 Å². The molecule has 1 heterocycles. The molecule has 1 aromatic heterocycles. The predicted octanol–water partition coefficient (Wildman–Crippen LogP) is 1.91. The molecule has 78 valence electrons. The normalized spacial score (nSPS) is 11.7. The summed E-state index contributed by atoms with van der Waals surface area (Å²) in [7, 11) is 0. The summed E-state index contributed by atoms with van der Waals surface area (Å²) in [5.74, 6) is 0.137. The number of carboxylic acids is 1.